The third-order valence-corrected chi connectivity index (χ3v) is 4.96. The van der Waals surface area contributed by atoms with Crippen LogP contribution in [-0.2, 0) is 9.47 Å². The van der Waals surface area contributed by atoms with E-state index in [0.29, 0.717) is 23.7 Å². The summed E-state index contributed by atoms with van der Waals surface area (Å²) in [5.41, 5.74) is 1.45. The van der Waals surface area contributed by atoms with Gasteiger partial charge in [-0.2, -0.15) is 0 Å². The maximum atomic E-state index is 5.84. The largest absolute Gasteiger partial charge is 0.350 e. The zero-order valence-electron chi connectivity index (χ0n) is 11.1. The van der Waals surface area contributed by atoms with Crippen LogP contribution >= 0.6 is 0 Å². The Morgan fingerprint density at radius 1 is 0.842 bits per heavy atom. The molecule has 4 atom stereocenters. The second-order valence-electron chi connectivity index (χ2n) is 5.91. The van der Waals surface area contributed by atoms with Gasteiger partial charge in [0, 0.05) is 5.92 Å². The first-order valence-electron chi connectivity index (χ1n) is 7.40. The van der Waals surface area contributed by atoms with Crippen molar-refractivity contribution >= 4 is 0 Å². The van der Waals surface area contributed by atoms with E-state index in [1.165, 1.54) is 18.4 Å². The highest BCUT2D eigenvalue weighted by atomic mass is 16.7. The molecule has 2 heteroatoms. The molecular formula is C17H20O2. The first-order valence-corrected chi connectivity index (χ1v) is 7.40. The van der Waals surface area contributed by atoms with E-state index < -0.39 is 0 Å². The van der Waals surface area contributed by atoms with Gasteiger partial charge in [-0.1, -0.05) is 42.5 Å². The van der Waals surface area contributed by atoms with Gasteiger partial charge >= 0.3 is 0 Å². The van der Waals surface area contributed by atoms with Crippen LogP contribution in [0.25, 0.3) is 0 Å². The van der Waals surface area contributed by atoms with Crippen molar-refractivity contribution < 1.29 is 9.47 Å². The van der Waals surface area contributed by atoms with Crippen LogP contribution in [0.3, 0.4) is 0 Å². The standard InChI is InChI=1S/C17H20O2/c1-2-4-12(5-3-1)15-13-6-8-14(9-7-13)16(15)17-18-10-11-19-17/h1-6,8,13-17H,7,9-11H2/t13-,14+,15+,16+/m0/s1. The molecule has 2 fully saturated rings. The van der Waals surface area contributed by atoms with Gasteiger partial charge in [0.15, 0.2) is 6.29 Å². The average molecular weight is 256 g/mol. The number of fused-ring (bicyclic) bond motifs is 2. The summed E-state index contributed by atoms with van der Waals surface area (Å²) >= 11 is 0. The average Bonchev–Trinajstić information content (AvgIpc) is 3.02. The normalized spacial score (nSPS) is 37.9. The maximum Gasteiger partial charge on any atom is 0.161 e. The van der Waals surface area contributed by atoms with E-state index in [1.54, 1.807) is 0 Å². The second-order valence-corrected chi connectivity index (χ2v) is 5.91. The van der Waals surface area contributed by atoms with Gasteiger partial charge in [-0.05, 0) is 36.2 Å². The van der Waals surface area contributed by atoms with Crippen LogP contribution < -0.4 is 0 Å². The molecule has 0 aromatic heterocycles. The lowest BCUT2D eigenvalue weighted by Gasteiger charge is -2.46. The summed E-state index contributed by atoms with van der Waals surface area (Å²) < 4.78 is 11.7. The lowest BCUT2D eigenvalue weighted by molar-refractivity contribution is -0.117. The molecule has 100 valence electrons. The van der Waals surface area contributed by atoms with Gasteiger partial charge < -0.3 is 9.47 Å². The number of hydrogen-bond donors (Lipinski definition) is 0. The van der Waals surface area contributed by atoms with Gasteiger partial charge in [-0.3, -0.25) is 0 Å². The van der Waals surface area contributed by atoms with Crippen molar-refractivity contribution in [2.75, 3.05) is 13.2 Å². The molecule has 2 bridgehead atoms. The number of hydrogen-bond acceptors (Lipinski definition) is 2. The molecule has 4 aliphatic rings. The van der Waals surface area contributed by atoms with Gasteiger partial charge in [0.1, 0.15) is 0 Å². The summed E-state index contributed by atoms with van der Waals surface area (Å²) in [6.45, 7) is 1.51. The summed E-state index contributed by atoms with van der Waals surface area (Å²) in [4.78, 5) is 0. The Bertz CT molecular complexity index is 461. The van der Waals surface area contributed by atoms with Crippen LogP contribution in [0.4, 0.5) is 0 Å². The van der Waals surface area contributed by atoms with Crippen LogP contribution in [-0.4, -0.2) is 19.5 Å². The van der Waals surface area contributed by atoms with E-state index in [4.69, 9.17) is 9.47 Å². The first-order chi connectivity index (χ1) is 9.43. The van der Waals surface area contributed by atoms with Crippen molar-refractivity contribution in [3.05, 3.63) is 48.0 Å². The van der Waals surface area contributed by atoms with E-state index in [1.807, 2.05) is 0 Å². The molecule has 0 unspecified atom stereocenters. The molecule has 0 radical (unpaired) electrons. The van der Waals surface area contributed by atoms with Gasteiger partial charge in [-0.25, -0.2) is 0 Å². The van der Waals surface area contributed by atoms with Crippen molar-refractivity contribution in [3.8, 4) is 0 Å². The highest BCUT2D eigenvalue weighted by Gasteiger charge is 2.46. The molecular weight excluding hydrogens is 236 g/mol. The number of rotatable bonds is 2. The van der Waals surface area contributed by atoms with E-state index >= 15 is 0 Å². The molecule has 5 rings (SSSR count). The molecule has 0 amide bonds. The van der Waals surface area contributed by atoms with Gasteiger partial charge in [0.2, 0.25) is 0 Å². The SMILES string of the molecule is C1=C[C@H]2CC[C@@H]1[C@@H](C1OCCO1)[C@@H]2c1ccccc1. The maximum absolute atomic E-state index is 5.84. The second kappa shape index (κ2) is 4.77. The molecule has 1 aliphatic heterocycles. The van der Waals surface area contributed by atoms with Gasteiger partial charge in [0.25, 0.3) is 0 Å². The van der Waals surface area contributed by atoms with Crippen LogP contribution in [0.15, 0.2) is 42.5 Å². The van der Waals surface area contributed by atoms with Gasteiger partial charge in [0.05, 0.1) is 13.2 Å². The molecule has 1 heterocycles. The minimum Gasteiger partial charge on any atom is -0.350 e. The third-order valence-electron chi connectivity index (χ3n) is 4.96. The zero-order valence-corrected chi connectivity index (χ0v) is 11.1. The Hall–Kier alpha value is -1.12. The molecule has 19 heavy (non-hydrogen) atoms. The fraction of sp³-hybridized carbons (Fsp3) is 0.529. The van der Waals surface area contributed by atoms with E-state index in [-0.39, 0.29) is 6.29 Å². The Morgan fingerprint density at radius 3 is 2.21 bits per heavy atom. The third kappa shape index (κ3) is 1.94. The van der Waals surface area contributed by atoms with Crippen molar-refractivity contribution in [2.45, 2.75) is 25.0 Å². The molecule has 0 N–H and O–H groups in total. The quantitative estimate of drug-likeness (QED) is 0.755. The first kappa shape index (κ1) is 11.7. The molecule has 1 aromatic rings. The summed E-state index contributed by atoms with van der Waals surface area (Å²) in [6, 6.07) is 10.9. The number of ether oxygens (including phenoxy) is 2. The summed E-state index contributed by atoms with van der Waals surface area (Å²) in [7, 11) is 0. The zero-order chi connectivity index (χ0) is 12.7. The molecule has 1 aromatic carbocycles. The van der Waals surface area contributed by atoms with Crippen molar-refractivity contribution in [1.29, 1.82) is 0 Å². The Kier molecular flexibility index (Phi) is 2.93. The van der Waals surface area contributed by atoms with E-state index in [9.17, 15) is 0 Å². The number of benzene rings is 1. The minimum atomic E-state index is 0.00274. The molecule has 2 nitrogen and oxygen atoms in total. The highest BCUT2D eigenvalue weighted by Crippen LogP contribution is 2.52. The van der Waals surface area contributed by atoms with Crippen molar-refractivity contribution in [1.82, 2.24) is 0 Å². The summed E-state index contributed by atoms with van der Waals surface area (Å²) in [5, 5.41) is 0. The Morgan fingerprint density at radius 2 is 1.53 bits per heavy atom. The predicted molar refractivity (Wildman–Crippen MR) is 73.7 cm³/mol. The minimum absolute atomic E-state index is 0.00274. The smallest absolute Gasteiger partial charge is 0.161 e. The van der Waals surface area contributed by atoms with E-state index in [0.717, 1.165) is 13.2 Å². The van der Waals surface area contributed by atoms with Crippen LogP contribution in [0.2, 0.25) is 0 Å². The Balaban J connectivity index is 1.71. The topological polar surface area (TPSA) is 18.5 Å². The molecule has 1 saturated heterocycles. The fourth-order valence-electron chi connectivity index (χ4n) is 4.15. The molecule has 0 spiro atoms. The predicted octanol–water partition coefficient (Wildman–Crippen LogP) is 3.36. The fourth-order valence-corrected chi connectivity index (χ4v) is 4.15. The lowest BCUT2D eigenvalue weighted by atomic mass is 9.60. The highest BCUT2D eigenvalue weighted by molar-refractivity contribution is 5.27. The summed E-state index contributed by atoms with van der Waals surface area (Å²) in [6.07, 6.45) is 7.44. The number of allylic oxidation sites excluding steroid dienone is 2. The van der Waals surface area contributed by atoms with Gasteiger partial charge in [-0.15, -0.1) is 0 Å². The van der Waals surface area contributed by atoms with Crippen LogP contribution in [0.1, 0.15) is 24.3 Å². The monoisotopic (exact) mass is 256 g/mol. The van der Waals surface area contributed by atoms with Crippen LogP contribution in [0, 0.1) is 17.8 Å². The molecule has 3 aliphatic carbocycles. The van der Waals surface area contributed by atoms with Crippen molar-refractivity contribution in [3.63, 3.8) is 0 Å². The lowest BCUT2D eigenvalue weighted by Crippen LogP contribution is -2.42. The van der Waals surface area contributed by atoms with Crippen molar-refractivity contribution in [2.24, 2.45) is 17.8 Å². The van der Waals surface area contributed by atoms with Crippen LogP contribution in [0.5, 0.6) is 0 Å². The van der Waals surface area contributed by atoms with E-state index in [2.05, 4.69) is 42.5 Å². The summed E-state index contributed by atoms with van der Waals surface area (Å²) in [5.74, 6) is 2.34. The Labute approximate surface area is 114 Å². The molecule has 1 saturated carbocycles.